The van der Waals surface area contributed by atoms with Crippen molar-refractivity contribution >= 4 is 22.5 Å². The molecule has 0 radical (unpaired) electrons. The largest absolute Gasteiger partial charge is 0.505 e. The lowest BCUT2D eigenvalue weighted by atomic mass is 9.85. The highest BCUT2D eigenvalue weighted by Gasteiger charge is 2.32. The van der Waals surface area contributed by atoms with Crippen LogP contribution in [0.3, 0.4) is 0 Å². The van der Waals surface area contributed by atoms with Gasteiger partial charge in [0, 0.05) is 35.7 Å². The number of phenols is 1. The van der Waals surface area contributed by atoms with E-state index < -0.39 is 23.5 Å². The van der Waals surface area contributed by atoms with Crippen LogP contribution in [0.4, 0.5) is 17.6 Å². The summed E-state index contributed by atoms with van der Waals surface area (Å²) in [5, 5.41) is 11.7. The van der Waals surface area contributed by atoms with Crippen molar-refractivity contribution < 1.29 is 22.7 Å². The Hall–Kier alpha value is -3.19. The van der Waals surface area contributed by atoms with Crippen molar-refractivity contribution in [2.75, 3.05) is 0 Å². The Morgan fingerprint density at radius 1 is 1.00 bits per heavy atom. The Labute approximate surface area is 180 Å². The van der Waals surface area contributed by atoms with Crippen LogP contribution >= 0.6 is 11.6 Å². The number of nitrogens with zero attached hydrogens (tertiary/aromatic N) is 2. The second kappa shape index (κ2) is 8.15. The molecule has 2 heterocycles. The van der Waals surface area contributed by atoms with E-state index in [-0.39, 0.29) is 28.5 Å². The van der Waals surface area contributed by atoms with Gasteiger partial charge in [-0.1, -0.05) is 48.0 Å². The number of phenolic OH excluding ortho intramolecular Hbond substituents is 1. The van der Waals surface area contributed by atoms with Crippen molar-refractivity contribution in [1.82, 2.24) is 9.97 Å². The summed E-state index contributed by atoms with van der Waals surface area (Å²) in [6.07, 6.45) is -1.86. The van der Waals surface area contributed by atoms with Gasteiger partial charge in [0.25, 0.3) is 0 Å². The number of hydrogen-bond acceptors (Lipinski definition) is 3. The van der Waals surface area contributed by atoms with Crippen LogP contribution in [0.2, 0.25) is 5.02 Å². The Balaban J connectivity index is 1.89. The predicted molar refractivity (Wildman–Crippen MR) is 110 cm³/mol. The summed E-state index contributed by atoms with van der Waals surface area (Å²) in [7, 11) is 0. The van der Waals surface area contributed by atoms with Crippen molar-refractivity contribution in [2.45, 2.75) is 18.5 Å². The maximum atomic E-state index is 14.5. The zero-order valence-electron chi connectivity index (χ0n) is 15.9. The lowest BCUT2D eigenvalue weighted by Gasteiger charge is -2.21. The molecule has 158 valence electrons. The third-order valence-corrected chi connectivity index (χ3v) is 5.26. The molecular weight excluding hydrogens is 432 g/mol. The van der Waals surface area contributed by atoms with Gasteiger partial charge in [-0.25, -0.2) is 4.39 Å². The molecule has 0 fully saturated rings. The highest BCUT2D eigenvalue weighted by atomic mass is 35.5. The fraction of sp³-hybridized carbons (Fsp3) is 0.130. The molecule has 4 aromatic rings. The van der Waals surface area contributed by atoms with Crippen LogP contribution in [0.15, 0.2) is 67.0 Å². The molecule has 1 unspecified atom stereocenters. The number of pyridine rings is 2. The number of aromatic nitrogens is 2. The molecule has 0 bridgehead atoms. The molecule has 0 amide bonds. The lowest BCUT2D eigenvalue weighted by molar-refractivity contribution is -0.137. The zero-order chi connectivity index (χ0) is 22.2. The molecule has 1 N–H and O–H groups in total. The maximum absolute atomic E-state index is 14.5. The summed E-state index contributed by atoms with van der Waals surface area (Å²) in [5.74, 6) is -1.66. The van der Waals surface area contributed by atoms with Crippen molar-refractivity contribution in [3.8, 4) is 5.75 Å². The predicted octanol–water partition coefficient (Wildman–Crippen LogP) is 6.52. The van der Waals surface area contributed by atoms with Gasteiger partial charge in [-0.05, 0) is 23.8 Å². The van der Waals surface area contributed by atoms with Crippen molar-refractivity contribution in [2.24, 2.45) is 0 Å². The topological polar surface area (TPSA) is 46.0 Å². The second-order valence-electron chi connectivity index (χ2n) is 7.04. The molecule has 3 nitrogen and oxygen atoms in total. The summed E-state index contributed by atoms with van der Waals surface area (Å²) in [4.78, 5) is 8.18. The van der Waals surface area contributed by atoms with E-state index in [0.717, 1.165) is 18.2 Å². The summed E-state index contributed by atoms with van der Waals surface area (Å²) < 4.78 is 54.4. The number of alkyl halides is 3. The Kier molecular flexibility index (Phi) is 5.54. The Bertz CT molecular complexity index is 1260. The number of aromatic hydroxyl groups is 1. The van der Waals surface area contributed by atoms with Gasteiger partial charge in [0.15, 0.2) is 0 Å². The minimum absolute atomic E-state index is 0.0207. The summed E-state index contributed by atoms with van der Waals surface area (Å²) >= 11 is 5.77. The molecule has 0 saturated heterocycles. The lowest BCUT2D eigenvalue weighted by Crippen LogP contribution is -2.11. The minimum atomic E-state index is -4.54. The molecule has 31 heavy (non-hydrogen) atoms. The first-order valence-electron chi connectivity index (χ1n) is 9.27. The van der Waals surface area contributed by atoms with E-state index in [9.17, 15) is 22.7 Å². The van der Waals surface area contributed by atoms with Crippen molar-refractivity contribution in [1.29, 1.82) is 0 Å². The first-order chi connectivity index (χ1) is 14.7. The summed E-state index contributed by atoms with van der Waals surface area (Å²) in [6.45, 7) is 0. The van der Waals surface area contributed by atoms with Crippen LogP contribution in [0, 0.1) is 5.82 Å². The van der Waals surface area contributed by atoms with Gasteiger partial charge in [0.2, 0.25) is 0 Å². The van der Waals surface area contributed by atoms with Gasteiger partial charge in [0.1, 0.15) is 17.1 Å². The second-order valence-corrected chi connectivity index (χ2v) is 7.48. The SMILES string of the molecule is Oc1c(C(Cc2ncc(Cl)cc2F)c2cccc(C(F)(F)F)c2)ccc2cccnc12. The molecule has 2 aromatic carbocycles. The first kappa shape index (κ1) is 21.1. The van der Waals surface area contributed by atoms with Gasteiger partial charge in [-0.2, -0.15) is 13.2 Å². The van der Waals surface area contributed by atoms with Gasteiger partial charge in [-0.15, -0.1) is 0 Å². The van der Waals surface area contributed by atoms with E-state index in [2.05, 4.69) is 9.97 Å². The van der Waals surface area contributed by atoms with E-state index >= 15 is 0 Å². The molecule has 1 atom stereocenters. The van der Waals surface area contributed by atoms with Crippen LogP contribution in [0.25, 0.3) is 10.9 Å². The number of halogens is 5. The monoisotopic (exact) mass is 446 g/mol. The fourth-order valence-corrected chi connectivity index (χ4v) is 3.70. The summed E-state index contributed by atoms with van der Waals surface area (Å²) in [6, 6.07) is 12.6. The van der Waals surface area contributed by atoms with E-state index in [1.54, 1.807) is 24.3 Å². The van der Waals surface area contributed by atoms with Crippen LogP contribution in [0.5, 0.6) is 5.75 Å². The van der Waals surface area contributed by atoms with Crippen LogP contribution in [-0.4, -0.2) is 15.1 Å². The molecule has 0 aliphatic carbocycles. The standard InChI is InChI=1S/C23H15ClF4N2O/c24-16-10-19(25)20(30-12-16)11-18(14-3-1-5-15(9-14)23(26,27)28)17-7-6-13-4-2-8-29-21(13)22(17)31/h1-10,12,18,31H,11H2. The Morgan fingerprint density at radius 2 is 1.81 bits per heavy atom. The van der Waals surface area contributed by atoms with Crippen molar-refractivity contribution in [3.63, 3.8) is 0 Å². The molecule has 4 rings (SSSR count). The number of rotatable bonds is 4. The molecule has 8 heteroatoms. The van der Waals surface area contributed by atoms with Gasteiger partial charge in [0.05, 0.1) is 16.3 Å². The highest BCUT2D eigenvalue weighted by Crippen LogP contribution is 2.39. The third-order valence-electron chi connectivity index (χ3n) is 5.05. The van der Waals surface area contributed by atoms with Crippen LogP contribution < -0.4 is 0 Å². The number of hydrogen-bond donors (Lipinski definition) is 1. The van der Waals surface area contributed by atoms with E-state index in [1.807, 2.05) is 0 Å². The normalized spacial score (nSPS) is 12.8. The smallest absolute Gasteiger partial charge is 0.416 e. The van der Waals surface area contributed by atoms with Gasteiger partial charge >= 0.3 is 6.18 Å². The minimum Gasteiger partial charge on any atom is -0.505 e. The third kappa shape index (κ3) is 4.32. The summed E-state index contributed by atoms with van der Waals surface area (Å²) in [5.41, 5.74) is 0.0741. The van der Waals surface area contributed by atoms with E-state index in [4.69, 9.17) is 11.6 Å². The quantitative estimate of drug-likeness (QED) is 0.363. The first-order valence-corrected chi connectivity index (χ1v) is 9.65. The Morgan fingerprint density at radius 3 is 2.55 bits per heavy atom. The van der Waals surface area contributed by atoms with Crippen LogP contribution in [-0.2, 0) is 12.6 Å². The maximum Gasteiger partial charge on any atom is 0.416 e. The van der Waals surface area contributed by atoms with Gasteiger partial charge < -0.3 is 5.11 Å². The number of fused-ring (bicyclic) bond motifs is 1. The van der Waals surface area contributed by atoms with E-state index in [0.29, 0.717) is 16.5 Å². The molecule has 0 aliphatic rings. The van der Waals surface area contributed by atoms with Gasteiger partial charge in [-0.3, -0.25) is 9.97 Å². The van der Waals surface area contributed by atoms with E-state index in [1.165, 1.54) is 24.5 Å². The molecule has 2 aromatic heterocycles. The molecule has 0 saturated carbocycles. The van der Waals surface area contributed by atoms with Crippen LogP contribution in [0.1, 0.15) is 28.3 Å². The fourth-order valence-electron chi connectivity index (χ4n) is 3.55. The zero-order valence-corrected chi connectivity index (χ0v) is 16.6. The van der Waals surface area contributed by atoms with Crippen molar-refractivity contribution in [3.05, 3.63) is 100 Å². The molecule has 0 aliphatic heterocycles. The molecule has 0 spiro atoms. The molecular formula is C23H15ClF4N2O. The average molecular weight is 447 g/mol. The highest BCUT2D eigenvalue weighted by molar-refractivity contribution is 6.30. The average Bonchev–Trinajstić information content (AvgIpc) is 2.74. The number of benzene rings is 2.